The second-order valence-electron chi connectivity index (χ2n) is 5.51. The van der Waals surface area contributed by atoms with E-state index in [0.717, 1.165) is 16.5 Å². The number of rotatable bonds is 4. The maximum atomic E-state index is 12.0. The molecule has 0 saturated heterocycles. The molecule has 0 aliphatic rings. The van der Waals surface area contributed by atoms with Crippen LogP contribution in [-0.2, 0) is 11.2 Å². The van der Waals surface area contributed by atoms with E-state index in [2.05, 4.69) is 0 Å². The summed E-state index contributed by atoms with van der Waals surface area (Å²) in [6.07, 6.45) is 0.775. The molecule has 0 saturated carbocycles. The van der Waals surface area contributed by atoms with E-state index >= 15 is 0 Å². The molecule has 0 aliphatic heterocycles. The number of hydrogen-bond donors (Lipinski definition) is 0. The molecule has 0 aliphatic carbocycles. The summed E-state index contributed by atoms with van der Waals surface area (Å²) in [6, 6.07) is 13.8. The zero-order valence-electron chi connectivity index (χ0n) is 13.0. The summed E-state index contributed by atoms with van der Waals surface area (Å²) < 4.78 is 10.5. The first kappa shape index (κ1) is 16.3. The molecule has 2 aromatic carbocycles. The van der Waals surface area contributed by atoms with Gasteiger partial charge < -0.3 is 9.15 Å². The van der Waals surface area contributed by atoms with Gasteiger partial charge in [-0.15, -0.1) is 0 Å². The molecule has 0 spiro atoms. The molecule has 0 unspecified atom stereocenters. The van der Waals surface area contributed by atoms with E-state index in [-0.39, 0.29) is 12.4 Å². The van der Waals surface area contributed by atoms with Gasteiger partial charge in [-0.2, -0.15) is 0 Å². The Kier molecular flexibility index (Phi) is 4.67. The highest BCUT2D eigenvalue weighted by atomic mass is 35.5. The van der Waals surface area contributed by atoms with E-state index < -0.39 is 5.63 Å². The summed E-state index contributed by atoms with van der Waals surface area (Å²) in [5.74, 6) is -0.00308. The molecule has 1 aromatic heterocycles. The zero-order chi connectivity index (χ0) is 17.1. The normalized spacial score (nSPS) is 10.8. The molecule has 0 radical (unpaired) electrons. The van der Waals surface area contributed by atoms with Crippen LogP contribution in [0.15, 0.2) is 57.7 Å². The van der Waals surface area contributed by atoms with E-state index in [1.807, 2.05) is 25.1 Å². The molecule has 0 fully saturated rings. The number of carbonyl (C=O) groups excluding carboxylic acids is 1. The third-order valence-electron chi connectivity index (χ3n) is 3.66. The maximum Gasteiger partial charge on any atom is 0.336 e. The second-order valence-corrected chi connectivity index (χ2v) is 5.95. The van der Waals surface area contributed by atoms with Crippen molar-refractivity contribution >= 4 is 28.5 Å². The summed E-state index contributed by atoms with van der Waals surface area (Å²) in [6.45, 7) is 1.83. The Labute approximate surface area is 143 Å². The van der Waals surface area contributed by atoms with Gasteiger partial charge in [-0.05, 0) is 48.7 Å². The Morgan fingerprint density at radius 3 is 2.79 bits per heavy atom. The molecule has 24 heavy (non-hydrogen) atoms. The van der Waals surface area contributed by atoms with Crippen LogP contribution in [0.1, 0.15) is 17.5 Å². The summed E-state index contributed by atoms with van der Waals surface area (Å²) in [7, 11) is 0. The van der Waals surface area contributed by atoms with Crippen molar-refractivity contribution < 1.29 is 13.9 Å². The molecule has 0 N–H and O–H groups in total. The molecule has 5 heteroatoms. The van der Waals surface area contributed by atoms with Gasteiger partial charge >= 0.3 is 11.6 Å². The Morgan fingerprint density at radius 2 is 2.00 bits per heavy atom. The fourth-order valence-electron chi connectivity index (χ4n) is 2.49. The van der Waals surface area contributed by atoms with Crippen molar-refractivity contribution in [3.05, 3.63) is 75.1 Å². The monoisotopic (exact) mass is 342 g/mol. The van der Waals surface area contributed by atoms with Gasteiger partial charge in [0, 0.05) is 29.0 Å². The number of esters is 1. The van der Waals surface area contributed by atoms with Crippen molar-refractivity contribution in [1.82, 2.24) is 0 Å². The topological polar surface area (TPSA) is 56.5 Å². The summed E-state index contributed by atoms with van der Waals surface area (Å²) in [5.41, 5.74) is 1.77. The minimum absolute atomic E-state index is 0.232. The summed E-state index contributed by atoms with van der Waals surface area (Å²) in [5, 5.41) is 1.45. The lowest BCUT2D eigenvalue weighted by molar-refractivity contribution is -0.134. The highest BCUT2D eigenvalue weighted by Crippen LogP contribution is 2.22. The first-order valence-electron chi connectivity index (χ1n) is 7.51. The predicted molar refractivity (Wildman–Crippen MR) is 92.6 cm³/mol. The minimum Gasteiger partial charge on any atom is -0.426 e. The van der Waals surface area contributed by atoms with Crippen molar-refractivity contribution in [1.29, 1.82) is 0 Å². The summed E-state index contributed by atoms with van der Waals surface area (Å²) >= 11 is 5.92. The summed E-state index contributed by atoms with van der Waals surface area (Å²) in [4.78, 5) is 23.4. The molecule has 0 bridgehead atoms. The van der Waals surface area contributed by atoms with Gasteiger partial charge in [0.25, 0.3) is 0 Å². The third-order valence-corrected chi connectivity index (χ3v) is 3.90. The molecule has 122 valence electrons. The Balaban J connectivity index is 1.70. The number of hydrogen-bond acceptors (Lipinski definition) is 4. The van der Waals surface area contributed by atoms with E-state index in [9.17, 15) is 9.59 Å². The first-order valence-corrected chi connectivity index (χ1v) is 7.89. The minimum atomic E-state index is -0.426. The van der Waals surface area contributed by atoms with Gasteiger partial charge in [-0.1, -0.05) is 23.7 Å². The number of carbonyl (C=O) groups is 1. The molecular weight excluding hydrogens is 328 g/mol. The van der Waals surface area contributed by atoms with Crippen LogP contribution in [0.4, 0.5) is 0 Å². The average Bonchev–Trinajstić information content (AvgIpc) is 2.52. The largest absolute Gasteiger partial charge is 0.426 e. The molecule has 1 heterocycles. The van der Waals surface area contributed by atoms with Gasteiger partial charge in [0.1, 0.15) is 11.3 Å². The quantitative estimate of drug-likeness (QED) is 0.403. The number of halogens is 1. The van der Waals surface area contributed by atoms with Crippen molar-refractivity contribution in [2.24, 2.45) is 0 Å². The van der Waals surface area contributed by atoms with Crippen molar-refractivity contribution in [2.75, 3.05) is 0 Å². The highest BCUT2D eigenvalue weighted by molar-refractivity contribution is 6.30. The van der Waals surface area contributed by atoms with E-state index in [4.69, 9.17) is 20.8 Å². The molecule has 3 rings (SSSR count). The van der Waals surface area contributed by atoms with Crippen LogP contribution in [0.5, 0.6) is 5.75 Å². The van der Waals surface area contributed by atoms with Crippen LogP contribution < -0.4 is 10.4 Å². The number of aryl methyl sites for hydroxylation is 2. The SMILES string of the molecule is Cc1cc(=O)oc2cc(OC(=O)CCc3cccc(Cl)c3)ccc12. The van der Waals surface area contributed by atoms with Crippen LogP contribution >= 0.6 is 11.6 Å². The molecular formula is C19H15ClO4. The van der Waals surface area contributed by atoms with Crippen LogP contribution in [0.2, 0.25) is 5.02 Å². The van der Waals surface area contributed by atoms with Gasteiger partial charge in [0.05, 0.1) is 0 Å². The van der Waals surface area contributed by atoms with Crippen molar-refractivity contribution in [2.45, 2.75) is 19.8 Å². The zero-order valence-corrected chi connectivity index (χ0v) is 13.8. The fraction of sp³-hybridized carbons (Fsp3) is 0.158. The van der Waals surface area contributed by atoms with Crippen LogP contribution in [0.3, 0.4) is 0 Å². The molecule has 3 aromatic rings. The lowest BCUT2D eigenvalue weighted by atomic mass is 10.1. The second kappa shape index (κ2) is 6.89. The van der Waals surface area contributed by atoms with Gasteiger partial charge in [-0.3, -0.25) is 4.79 Å². The maximum absolute atomic E-state index is 12.0. The number of ether oxygens (including phenoxy) is 1. The van der Waals surface area contributed by atoms with Crippen LogP contribution in [-0.4, -0.2) is 5.97 Å². The average molecular weight is 343 g/mol. The van der Waals surface area contributed by atoms with E-state index in [1.165, 1.54) is 6.07 Å². The Bertz CT molecular complexity index is 959. The standard InChI is InChI=1S/C19H15ClO4/c1-12-9-19(22)24-17-11-15(6-7-16(12)17)23-18(21)8-5-13-3-2-4-14(20)10-13/h2-4,6-7,9-11H,5,8H2,1H3. The highest BCUT2D eigenvalue weighted by Gasteiger charge is 2.09. The lowest BCUT2D eigenvalue weighted by Crippen LogP contribution is -2.09. The molecule has 0 atom stereocenters. The van der Waals surface area contributed by atoms with Gasteiger partial charge in [0.2, 0.25) is 0 Å². The van der Waals surface area contributed by atoms with E-state index in [1.54, 1.807) is 24.3 Å². The number of benzene rings is 2. The predicted octanol–water partition coefficient (Wildman–Crippen LogP) is 4.29. The Hall–Kier alpha value is -2.59. The van der Waals surface area contributed by atoms with Gasteiger partial charge in [-0.25, -0.2) is 4.79 Å². The van der Waals surface area contributed by atoms with Crippen LogP contribution in [0.25, 0.3) is 11.0 Å². The fourth-order valence-corrected chi connectivity index (χ4v) is 2.70. The lowest BCUT2D eigenvalue weighted by Gasteiger charge is -2.06. The third kappa shape index (κ3) is 3.84. The smallest absolute Gasteiger partial charge is 0.336 e. The molecule has 4 nitrogen and oxygen atoms in total. The number of fused-ring (bicyclic) bond motifs is 1. The first-order chi connectivity index (χ1) is 11.5. The van der Waals surface area contributed by atoms with Gasteiger partial charge in [0.15, 0.2) is 0 Å². The van der Waals surface area contributed by atoms with Crippen molar-refractivity contribution in [3.63, 3.8) is 0 Å². The van der Waals surface area contributed by atoms with E-state index in [0.29, 0.717) is 22.8 Å². The van der Waals surface area contributed by atoms with Crippen molar-refractivity contribution in [3.8, 4) is 5.75 Å². The molecule has 0 amide bonds. The Morgan fingerprint density at radius 1 is 1.17 bits per heavy atom. The van der Waals surface area contributed by atoms with Crippen LogP contribution in [0, 0.1) is 6.92 Å².